The first kappa shape index (κ1) is 17.1. The number of hydrogen-bond donors (Lipinski definition) is 1. The molecule has 0 aromatic heterocycles. The summed E-state index contributed by atoms with van der Waals surface area (Å²) in [6, 6.07) is 2.97. The largest absolute Gasteiger partial charge is 0.493 e. The van der Waals surface area contributed by atoms with Crippen LogP contribution >= 0.6 is 35.6 Å². The Hall–Kier alpha value is -1.29. The number of carbonyl (C=O) groups is 1. The SMILES string of the molecule is COc1cc(/C=C2/SC(=S)NC2=O)cc(Cl)c1OS(C)(=O)=O. The van der Waals surface area contributed by atoms with Crippen molar-refractivity contribution in [2.45, 2.75) is 0 Å². The van der Waals surface area contributed by atoms with Crippen molar-refractivity contribution in [3.05, 3.63) is 27.6 Å². The molecule has 1 aliphatic rings. The van der Waals surface area contributed by atoms with Gasteiger partial charge in [-0.15, -0.1) is 0 Å². The summed E-state index contributed by atoms with van der Waals surface area (Å²) in [7, 11) is -2.40. The molecule has 1 fully saturated rings. The second-order valence-corrected chi connectivity index (χ2v) is 7.87. The Morgan fingerprint density at radius 2 is 2.09 bits per heavy atom. The van der Waals surface area contributed by atoms with Gasteiger partial charge in [-0.3, -0.25) is 4.79 Å². The molecule has 118 valence electrons. The fourth-order valence-electron chi connectivity index (χ4n) is 1.63. The van der Waals surface area contributed by atoms with Gasteiger partial charge in [-0.2, -0.15) is 8.42 Å². The van der Waals surface area contributed by atoms with Gasteiger partial charge in [-0.05, 0) is 23.8 Å². The second-order valence-electron chi connectivity index (χ2n) is 4.17. The van der Waals surface area contributed by atoms with E-state index in [0.29, 0.717) is 14.8 Å². The van der Waals surface area contributed by atoms with E-state index < -0.39 is 10.1 Å². The maximum absolute atomic E-state index is 11.6. The summed E-state index contributed by atoms with van der Waals surface area (Å²) in [6.07, 6.45) is 2.47. The summed E-state index contributed by atoms with van der Waals surface area (Å²) in [5, 5.41) is 2.54. The quantitative estimate of drug-likeness (QED) is 0.487. The van der Waals surface area contributed by atoms with Crippen LogP contribution in [0, 0.1) is 0 Å². The molecule has 1 N–H and O–H groups in total. The van der Waals surface area contributed by atoms with Gasteiger partial charge >= 0.3 is 10.1 Å². The van der Waals surface area contributed by atoms with Crippen LogP contribution in [0.25, 0.3) is 6.08 Å². The molecule has 0 spiro atoms. The Bertz CT molecular complexity index is 788. The fourth-order valence-corrected chi connectivity index (χ4v) is 3.45. The highest BCUT2D eigenvalue weighted by atomic mass is 35.5. The molecule has 1 heterocycles. The molecule has 1 aromatic rings. The summed E-state index contributed by atoms with van der Waals surface area (Å²) in [6.45, 7) is 0. The van der Waals surface area contributed by atoms with Crippen LogP contribution in [0.1, 0.15) is 5.56 Å². The summed E-state index contributed by atoms with van der Waals surface area (Å²) >= 11 is 12.1. The van der Waals surface area contributed by atoms with Crippen molar-refractivity contribution in [1.29, 1.82) is 0 Å². The van der Waals surface area contributed by atoms with Gasteiger partial charge in [0.05, 0.1) is 23.3 Å². The molecule has 0 unspecified atom stereocenters. The fraction of sp³-hybridized carbons (Fsp3) is 0.167. The highest BCUT2D eigenvalue weighted by Crippen LogP contribution is 2.38. The third-order valence-corrected chi connectivity index (χ3v) is 4.34. The van der Waals surface area contributed by atoms with Gasteiger partial charge in [0.25, 0.3) is 5.91 Å². The third-order valence-electron chi connectivity index (χ3n) is 2.43. The molecular formula is C12H10ClNO5S3. The van der Waals surface area contributed by atoms with Crippen LogP contribution in [0.3, 0.4) is 0 Å². The molecule has 1 aliphatic heterocycles. The minimum Gasteiger partial charge on any atom is -0.493 e. The molecule has 0 aliphatic carbocycles. The maximum atomic E-state index is 11.6. The average Bonchev–Trinajstić information content (AvgIpc) is 2.69. The number of nitrogens with one attached hydrogen (secondary N) is 1. The molecule has 0 atom stereocenters. The lowest BCUT2D eigenvalue weighted by molar-refractivity contribution is -0.115. The van der Waals surface area contributed by atoms with E-state index in [4.69, 9.17) is 32.7 Å². The highest BCUT2D eigenvalue weighted by Gasteiger charge is 2.23. The number of amides is 1. The molecule has 0 radical (unpaired) electrons. The first-order valence-electron chi connectivity index (χ1n) is 5.71. The molecule has 6 nitrogen and oxygen atoms in total. The Kier molecular flexibility index (Phi) is 5.00. The van der Waals surface area contributed by atoms with Crippen LogP contribution in [-0.2, 0) is 14.9 Å². The standard InChI is InChI=1S/C12H10ClNO5S3/c1-18-8-4-6(5-9-11(15)14-12(20)21-9)3-7(13)10(8)19-22(2,16)17/h3-5H,1-2H3,(H,14,15,20)/b9-5+. The van der Waals surface area contributed by atoms with Gasteiger partial charge in [0.2, 0.25) is 5.75 Å². The summed E-state index contributed by atoms with van der Waals surface area (Å²) in [4.78, 5) is 12.0. The van der Waals surface area contributed by atoms with E-state index in [1.54, 1.807) is 6.08 Å². The van der Waals surface area contributed by atoms with E-state index in [2.05, 4.69) is 5.32 Å². The van der Waals surface area contributed by atoms with E-state index in [0.717, 1.165) is 18.0 Å². The predicted octanol–water partition coefficient (Wildman–Crippen LogP) is 2.18. The predicted molar refractivity (Wildman–Crippen MR) is 89.8 cm³/mol. The number of thiocarbonyl (C=S) groups is 1. The first-order valence-corrected chi connectivity index (χ1v) is 9.13. The van der Waals surface area contributed by atoms with E-state index in [-0.39, 0.29) is 22.4 Å². The molecule has 22 heavy (non-hydrogen) atoms. The maximum Gasteiger partial charge on any atom is 0.306 e. The Morgan fingerprint density at radius 3 is 2.59 bits per heavy atom. The van der Waals surface area contributed by atoms with E-state index in [1.165, 1.54) is 19.2 Å². The van der Waals surface area contributed by atoms with Gasteiger partial charge in [0, 0.05) is 0 Å². The van der Waals surface area contributed by atoms with Crippen LogP contribution < -0.4 is 14.2 Å². The number of methoxy groups -OCH3 is 1. The lowest BCUT2D eigenvalue weighted by Crippen LogP contribution is -2.17. The average molecular weight is 380 g/mol. The van der Waals surface area contributed by atoms with E-state index >= 15 is 0 Å². The monoisotopic (exact) mass is 379 g/mol. The smallest absolute Gasteiger partial charge is 0.306 e. The van der Waals surface area contributed by atoms with Crippen molar-refractivity contribution in [2.24, 2.45) is 0 Å². The Balaban J connectivity index is 2.44. The first-order chi connectivity index (χ1) is 10.2. The molecule has 10 heteroatoms. The van der Waals surface area contributed by atoms with Crippen molar-refractivity contribution < 1.29 is 22.1 Å². The molecule has 0 bridgehead atoms. The van der Waals surface area contributed by atoms with Crippen molar-refractivity contribution in [3.8, 4) is 11.5 Å². The number of carbonyl (C=O) groups excluding carboxylic acids is 1. The summed E-state index contributed by atoms with van der Waals surface area (Å²) < 4.78 is 32.8. The minimum atomic E-state index is -3.75. The lowest BCUT2D eigenvalue weighted by atomic mass is 10.2. The van der Waals surface area contributed by atoms with Crippen molar-refractivity contribution in [3.63, 3.8) is 0 Å². The van der Waals surface area contributed by atoms with Crippen LogP contribution in [0.4, 0.5) is 0 Å². The Labute approximate surface area is 141 Å². The molecule has 0 saturated carbocycles. The zero-order chi connectivity index (χ0) is 16.5. The third kappa shape index (κ3) is 4.13. The van der Waals surface area contributed by atoms with Crippen LogP contribution in [-0.4, -0.2) is 32.0 Å². The van der Waals surface area contributed by atoms with Crippen molar-refractivity contribution in [2.75, 3.05) is 13.4 Å². The summed E-state index contributed by atoms with van der Waals surface area (Å²) in [5.41, 5.74) is 0.546. The number of halogens is 1. The van der Waals surface area contributed by atoms with Crippen LogP contribution in [0.15, 0.2) is 17.0 Å². The summed E-state index contributed by atoms with van der Waals surface area (Å²) in [5.74, 6) is -0.273. The number of benzene rings is 1. The molecule has 1 aromatic carbocycles. The second kappa shape index (κ2) is 6.45. The van der Waals surface area contributed by atoms with Gasteiger partial charge < -0.3 is 14.2 Å². The van der Waals surface area contributed by atoms with Crippen molar-refractivity contribution in [1.82, 2.24) is 5.32 Å². The van der Waals surface area contributed by atoms with Gasteiger partial charge in [-0.1, -0.05) is 35.6 Å². The normalized spacial score (nSPS) is 16.8. The molecular weight excluding hydrogens is 370 g/mol. The van der Waals surface area contributed by atoms with Gasteiger partial charge in [0.15, 0.2) is 5.75 Å². The van der Waals surface area contributed by atoms with E-state index in [9.17, 15) is 13.2 Å². The van der Waals surface area contributed by atoms with Crippen molar-refractivity contribution >= 4 is 62.0 Å². The zero-order valence-corrected chi connectivity index (χ0v) is 14.6. The van der Waals surface area contributed by atoms with E-state index in [1.807, 2.05) is 0 Å². The lowest BCUT2D eigenvalue weighted by Gasteiger charge is -2.11. The zero-order valence-electron chi connectivity index (χ0n) is 11.4. The van der Waals surface area contributed by atoms with Crippen LogP contribution in [0.5, 0.6) is 11.5 Å². The number of rotatable bonds is 4. The van der Waals surface area contributed by atoms with Crippen LogP contribution in [0.2, 0.25) is 5.02 Å². The highest BCUT2D eigenvalue weighted by molar-refractivity contribution is 8.26. The Morgan fingerprint density at radius 1 is 1.41 bits per heavy atom. The number of thioether (sulfide) groups is 1. The number of hydrogen-bond acceptors (Lipinski definition) is 7. The number of ether oxygens (including phenoxy) is 1. The molecule has 2 rings (SSSR count). The minimum absolute atomic E-state index is 0.0441. The topological polar surface area (TPSA) is 81.7 Å². The molecule has 1 amide bonds. The van der Waals surface area contributed by atoms with Gasteiger partial charge in [-0.25, -0.2) is 0 Å². The van der Waals surface area contributed by atoms with Gasteiger partial charge in [0.1, 0.15) is 4.32 Å². The molecule has 1 saturated heterocycles.